The van der Waals surface area contributed by atoms with Gasteiger partial charge in [0.25, 0.3) is 0 Å². The Morgan fingerprint density at radius 2 is 1.75 bits per heavy atom. The lowest BCUT2D eigenvalue weighted by Gasteiger charge is -2.32. The van der Waals surface area contributed by atoms with Crippen LogP contribution in [0.25, 0.3) is 0 Å². The number of nitrogens with one attached hydrogen (secondary N) is 2. The van der Waals surface area contributed by atoms with E-state index < -0.39 is 0 Å². The maximum atomic E-state index is 12.6. The molecule has 0 atom stereocenters. The fraction of sp³-hybridized carbons (Fsp3) is 0.895. The van der Waals surface area contributed by atoms with Gasteiger partial charge in [-0.25, -0.2) is 0 Å². The van der Waals surface area contributed by atoms with Crippen molar-refractivity contribution in [2.75, 3.05) is 34.2 Å². The number of guanidine groups is 1. The van der Waals surface area contributed by atoms with E-state index >= 15 is 0 Å². The molecule has 2 N–H and O–H groups in total. The van der Waals surface area contributed by atoms with E-state index in [-0.39, 0.29) is 11.3 Å². The second-order valence-electron chi connectivity index (χ2n) is 8.12. The molecule has 138 valence electrons. The summed E-state index contributed by atoms with van der Waals surface area (Å²) in [5.41, 5.74) is -0.249. The van der Waals surface area contributed by atoms with Crippen LogP contribution in [0.2, 0.25) is 0 Å². The monoisotopic (exact) mass is 336 g/mol. The van der Waals surface area contributed by atoms with Gasteiger partial charge in [-0.05, 0) is 37.5 Å². The van der Waals surface area contributed by atoms with Crippen LogP contribution in [0.4, 0.5) is 0 Å². The molecule has 2 saturated carbocycles. The SMILES string of the molecule is CN=C(NCC1CCC(C)CC1)NCC1(C(=O)N(C)C)CCCC1. The highest BCUT2D eigenvalue weighted by Crippen LogP contribution is 2.38. The number of hydrogen-bond donors (Lipinski definition) is 2. The van der Waals surface area contributed by atoms with Crippen molar-refractivity contribution in [3.8, 4) is 0 Å². The first-order valence-corrected chi connectivity index (χ1v) is 9.63. The summed E-state index contributed by atoms with van der Waals surface area (Å²) in [7, 11) is 5.53. The van der Waals surface area contributed by atoms with Crippen LogP contribution in [-0.2, 0) is 4.79 Å². The van der Waals surface area contributed by atoms with Crippen LogP contribution in [0.5, 0.6) is 0 Å². The molecule has 0 aromatic carbocycles. The van der Waals surface area contributed by atoms with Crippen LogP contribution in [0.15, 0.2) is 4.99 Å². The average molecular weight is 337 g/mol. The summed E-state index contributed by atoms with van der Waals surface area (Å²) in [5.74, 6) is 2.73. The maximum Gasteiger partial charge on any atom is 0.230 e. The molecule has 0 aliphatic heterocycles. The first-order chi connectivity index (χ1) is 11.5. The average Bonchev–Trinajstić information content (AvgIpc) is 3.06. The molecule has 0 saturated heterocycles. The Kier molecular flexibility index (Phi) is 6.93. The van der Waals surface area contributed by atoms with Gasteiger partial charge >= 0.3 is 0 Å². The Hall–Kier alpha value is -1.26. The number of carbonyl (C=O) groups excluding carboxylic acids is 1. The number of carbonyl (C=O) groups is 1. The quantitative estimate of drug-likeness (QED) is 0.599. The molecule has 2 fully saturated rings. The fourth-order valence-electron chi connectivity index (χ4n) is 4.24. The zero-order chi connectivity index (χ0) is 17.6. The van der Waals surface area contributed by atoms with Crippen LogP contribution in [0, 0.1) is 17.3 Å². The van der Waals surface area contributed by atoms with Crippen molar-refractivity contribution < 1.29 is 4.79 Å². The Balaban J connectivity index is 1.82. The van der Waals surface area contributed by atoms with Crippen LogP contribution >= 0.6 is 0 Å². The van der Waals surface area contributed by atoms with Crippen molar-refractivity contribution in [3.05, 3.63) is 0 Å². The largest absolute Gasteiger partial charge is 0.356 e. The third-order valence-corrected chi connectivity index (χ3v) is 5.93. The highest BCUT2D eigenvalue weighted by molar-refractivity contribution is 5.85. The third kappa shape index (κ3) is 4.87. The third-order valence-electron chi connectivity index (χ3n) is 5.93. The standard InChI is InChI=1S/C19H36N4O/c1-15-7-9-16(10-8-15)13-21-18(20-2)22-14-19(11-5-6-12-19)17(24)23(3)4/h15-16H,5-14H2,1-4H3,(H2,20,21,22). The lowest BCUT2D eigenvalue weighted by atomic mass is 9.83. The molecule has 5 nitrogen and oxygen atoms in total. The summed E-state index contributed by atoms with van der Waals surface area (Å²) < 4.78 is 0. The topological polar surface area (TPSA) is 56.7 Å². The second kappa shape index (κ2) is 8.72. The van der Waals surface area contributed by atoms with Gasteiger partial charge in [-0.3, -0.25) is 9.79 Å². The lowest BCUT2D eigenvalue weighted by molar-refractivity contribution is -0.138. The number of nitrogens with zero attached hydrogens (tertiary/aromatic N) is 2. The van der Waals surface area contributed by atoms with E-state index in [0.29, 0.717) is 6.54 Å². The molecule has 0 heterocycles. The predicted molar refractivity (Wildman–Crippen MR) is 100 cm³/mol. The van der Waals surface area contributed by atoms with Gasteiger partial charge < -0.3 is 15.5 Å². The molecule has 0 radical (unpaired) electrons. The first-order valence-electron chi connectivity index (χ1n) is 9.63. The summed E-state index contributed by atoms with van der Waals surface area (Å²) in [6.45, 7) is 4.03. The summed E-state index contributed by atoms with van der Waals surface area (Å²) in [6, 6.07) is 0. The maximum absolute atomic E-state index is 12.6. The van der Waals surface area contributed by atoms with E-state index in [4.69, 9.17) is 0 Å². The van der Waals surface area contributed by atoms with Crippen LogP contribution in [0.3, 0.4) is 0 Å². The van der Waals surface area contributed by atoms with E-state index in [0.717, 1.165) is 50.0 Å². The Morgan fingerprint density at radius 1 is 1.12 bits per heavy atom. The molecule has 0 unspecified atom stereocenters. The van der Waals surface area contributed by atoms with Crippen molar-refractivity contribution in [2.24, 2.45) is 22.2 Å². The highest BCUT2D eigenvalue weighted by Gasteiger charge is 2.42. The van der Waals surface area contributed by atoms with Crippen LogP contribution in [-0.4, -0.2) is 51.0 Å². The van der Waals surface area contributed by atoms with Gasteiger partial charge in [0.2, 0.25) is 5.91 Å². The smallest absolute Gasteiger partial charge is 0.230 e. The minimum absolute atomic E-state index is 0.249. The van der Waals surface area contributed by atoms with E-state index in [1.165, 1.54) is 25.7 Å². The minimum atomic E-state index is -0.249. The second-order valence-corrected chi connectivity index (χ2v) is 8.12. The predicted octanol–water partition coefficient (Wildman–Crippen LogP) is 2.63. The molecule has 2 rings (SSSR count). The Labute approximate surface area is 147 Å². The van der Waals surface area contributed by atoms with E-state index in [9.17, 15) is 4.79 Å². The van der Waals surface area contributed by atoms with E-state index in [1.54, 1.807) is 4.90 Å². The number of aliphatic imine (C=N–C) groups is 1. The van der Waals surface area contributed by atoms with E-state index in [2.05, 4.69) is 22.5 Å². The van der Waals surface area contributed by atoms with Gasteiger partial charge in [0.1, 0.15) is 0 Å². The molecule has 24 heavy (non-hydrogen) atoms. The Bertz CT molecular complexity index is 433. The zero-order valence-electron chi connectivity index (χ0n) is 16.0. The van der Waals surface area contributed by atoms with Crippen molar-refractivity contribution in [2.45, 2.75) is 58.3 Å². The molecular weight excluding hydrogens is 300 g/mol. The Morgan fingerprint density at radius 3 is 2.29 bits per heavy atom. The molecule has 1 amide bonds. The summed E-state index contributed by atoms with van der Waals surface area (Å²) >= 11 is 0. The van der Waals surface area contributed by atoms with Crippen LogP contribution < -0.4 is 10.6 Å². The summed E-state index contributed by atoms with van der Waals surface area (Å²) in [5, 5.41) is 6.90. The molecular formula is C19H36N4O. The number of rotatable bonds is 5. The van der Waals surface area contributed by atoms with Crippen molar-refractivity contribution in [3.63, 3.8) is 0 Å². The van der Waals surface area contributed by atoms with Gasteiger partial charge in [-0.1, -0.05) is 32.6 Å². The first kappa shape index (κ1) is 19.1. The molecule has 2 aliphatic rings. The van der Waals surface area contributed by atoms with Crippen molar-refractivity contribution in [1.29, 1.82) is 0 Å². The van der Waals surface area contributed by atoms with Gasteiger partial charge in [-0.15, -0.1) is 0 Å². The molecule has 0 aromatic heterocycles. The van der Waals surface area contributed by atoms with E-state index in [1.807, 2.05) is 21.1 Å². The minimum Gasteiger partial charge on any atom is -0.356 e. The molecule has 0 aromatic rings. The molecule has 2 aliphatic carbocycles. The van der Waals surface area contributed by atoms with Gasteiger partial charge in [-0.2, -0.15) is 0 Å². The normalized spacial score (nSPS) is 26.9. The zero-order valence-corrected chi connectivity index (χ0v) is 16.0. The van der Waals surface area contributed by atoms with Gasteiger partial charge in [0.15, 0.2) is 5.96 Å². The lowest BCUT2D eigenvalue weighted by Crippen LogP contribution is -2.49. The van der Waals surface area contributed by atoms with Crippen molar-refractivity contribution in [1.82, 2.24) is 15.5 Å². The van der Waals surface area contributed by atoms with Crippen LogP contribution in [0.1, 0.15) is 58.3 Å². The fourth-order valence-corrected chi connectivity index (χ4v) is 4.24. The summed E-state index contributed by atoms with van der Waals surface area (Å²) in [6.07, 6.45) is 9.57. The highest BCUT2D eigenvalue weighted by atomic mass is 16.2. The van der Waals surface area contributed by atoms with Gasteiger partial charge in [0, 0.05) is 34.2 Å². The van der Waals surface area contributed by atoms with Crippen molar-refractivity contribution >= 4 is 11.9 Å². The number of hydrogen-bond acceptors (Lipinski definition) is 2. The summed E-state index contributed by atoms with van der Waals surface area (Å²) in [4.78, 5) is 18.7. The van der Waals surface area contributed by atoms with Gasteiger partial charge in [0.05, 0.1) is 5.41 Å². The molecule has 0 bridgehead atoms. The number of amides is 1. The molecule has 5 heteroatoms. The molecule has 0 spiro atoms.